The number of rotatable bonds is 1. The average molecular weight is 362 g/mol. The van der Waals surface area contributed by atoms with Gasteiger partial charge in [-0.05, 0) is 62.2 Å². The van der Waals surface area contributed by atoms with Gasteiger partial charge in [0.25, 0.3) is 0 Å². The predicted octanol–water partition coefficient (Wildman–Crippen LogP) is 1.64. The van der Waals surface area contributed by atoms with Crippen LogP contribution in [-0.2, 0) is 9.59 Å². The molecule has 0 aromatic carbocycles. The van der Waals surface area contributed by atoms with Crippen LogP contribution in [0.5, 0.6) is 0 Å². The maximum absolute atomic E-state index is 13.0. The van der Waals surface area contributed by atoms with E-state index in [0.717, 1.165) is 6.42 Å². The fourth-order valence-electron chi connectivity index (χ4n) is 7.17. The van der Waals surface area contributed by atoms with Gasteiger partial charge in [-0.1, -0.05) is 26.0 Å². The van der Waals surface area contributed by atoms with Crippen molar-refractivity contribution in [1.82, 2.24) is 0 Å². The van der Waals surface area contributed by atoms with Crippen molar-refractivity contribution in [3.05, 3.63) is 12.2 Å². The van der Waals surface area contributed by atoms with Gasteiger partial charge in [0.1, 0.15) is 11.7 Å². The van der Waals surface area contributed by atoms with E-state index in [1.807, 2.05) is 13.0 Å². The Kier molecular flexibility index (Phi) is 3.87. The molecule has 0 heterocycles. The maximum Gasteiger partial charge on any atom is 0.165 e. The normalized spacial score (nSPS) is 55.8. The summed E-state index contributed by atoms with van der Waals surface area (Å²) in [6.07, 6.45) is 4.98. The number of hydrogen-bond donors (Lipinski definition) is 3. The summed E-state index contributed by atoms with van der Waals surface area (Å²) in [7, 11) is 0. The van der Waals surface area contributed by atoms with Crippen LogP contribution in [0.15, 0.2) is 12.2 Å². The van der Waals surface area contributed by atoms with E-state index >= 15 is 0 Å². The third-order valence-corrected chi connectivity index (χ3v) is 8.77. The van der Waals surface area contributed by atoms with Crippen molar-refractivity contribution in [3.8, 4) is 0 Å². The van der Waals surface area contributed by atoms with Gasteiger partial charge in [0.15, 0.2) is 11.6 Å². The van der Waals surface area contributed by atoms with Gasteiger partial charge in [0.05, 0.1) is 6.10 Å². The molecule has 3 saturated carbocycles. The number of allylic oxidation sites excluding steroid dienone is 1. The first-order valence-corrected chi connectivity index (χ1v) is 9.89. The van der Waals surface area contributed by atoms with E-state index in [-0.39, 0.29) is 40.7 Å². The molecule has 1 unspecified atom stereocenters. The first-order valence-electron chi connectivity index (χ1n) is 9.89. The van der Waals surface area contributed by atoms with Crippen molar-refractivity contribution in [2.75, 3.05) is 0 Å². The molecule has 26 heavy (non-hydrogen) atoms. The second-order valence-electron chi connectivity index (χ2n) is 9.63. The van der Waals surface area contributed by atoms with Crippen molar-refractivity contribution in [2.45, 2.75) is 70.7 Å². The number of fused-ring (bicyclic) bond motifs is 5. The lowest BCUT2D eigenvalue weighted by Crippen LogP contribution is -2.63. The standard InChI is InChI=1S/C21H30O5/c1-11(22)21(26)9-6-14-16-13(5-8-20(14,21)3)19(2)7-4-12(23)10-15(19)17(24)18(16)25/h4,7,12-16,18,23,25-26H,5-6,8-10H2,1-3H3/t12-,13+,14+,15?,16-,18-,19-,20+,21+/m1/s1. The first kappa shape index (κ1) is 18.3. The summed E-state index contributed by atoms with van der Waals surface area (Å²) in [6, 6.07) is 0. The van der Waals surface area contributed by atoms with Crippen LogP contribution in [-0.4, -0.2) is 44.7 Å². The summed E-state index contributed by atoms with van der Waals surface area (Å²) >= 11 is 0. The van der Waals surface area contributed by atoms with E-state index in [9.17, 15) is 24.9 Å². The molecule has 0 aromatic rings. The number of hydrogen-bond acceptors (Lipinski definition) is 5. The molecule has 144 valence electrons. The largest absolute Gasteiger partial charge is 0.389 e. The Labute approximate surface area is 154 Å². The van der Waals surface area contributed by atoms with Crippen molar-refractivity contribution in [1.29, 1.82) is 0 Å². The lowest BCUT2D eigenvalue weighted by atomic mass is 9.44. The zero-order valence-electron chi connectivity index (χ0n) is 15.8. The van der Waals surface area contributed by atoms with Gasteiger partial charge in [-0.2, -0.15) is 0 Å². The van der Waals surface area contributed by atoms with Gasteiger partial charge < -0.3 is 15.3 Å². The second-order valence-corrected chi connectivity index (χ2v) is 9.63. The molecule has 5 heteroatoms. The highest BCUT2D eigenvalue weighted by atomic mass is 16.3. The number of carbonyl (C=O) groups excluding carboxylic acids is 2. The third kappa shape index (κ3) is 2.02. The number of carbonyl (C=O) groups is 2. The minimum Gasteiger partial charge on any atom is -0.389 e. The molecule has 0 spiro atoms. The van der Waals surface area contributed by atoms with Crippen LogP contribution in [0.1, 0.15) is 52.9 Å². The molecular formula is C21H30O5. The van der Waals surface area contributed by atoms with Crippen LogP contribution in [0, 0.1) is 34.5 Å². The van der Waals surface area contributed by atoms with E-state index in [2.05, 4.69) is 6.92 Å². The lowest BCUT2D eigenvalue weighted by molar-refractivity contribution is -0.183. The van der Waals surface area contributed by atoms with Gasteiger partial charge in [-0.3, -0.25) is 9.59 Å². The molecule has 4 rings (SSSR count). The lowest BCUT2D eigenvalue weighted by Gasteiger charge is -2.60. The Morgan fingerprint density at radius 1 is 1.15 bits per heavy atom. The first-order chi connectivity index (χ1) is 12.1. The van der Waals surface area contributed by atoms with Crippen LogP contribution in [0.4, 0.5) is 0 Å². The third-order valence-electron chi connectivity index (χ3n) is 8.77. The summed E-state index contributed by atoms with van der Waals surface area (Å²) in [5.74, 6) is -0.919. The molecular weight excluding hydrogens is 332 g/mol. The van der Waals surface area contributed by atoms with Crippen LogP contribution < -0.4 is 0 Å². The Morgan fingerprint density at radius 3 is 2.46 bits per heavy atom. The highest BCUT2D eigenvalue weighted by molar-refractivity contribution is 5.89. The quantitative estimate of drug-likeness (QED) is 0.617. The molecule has 0 radical (unpaired) electrons. The predicted molar refractivity (Wildman–Crippen MR) is 95.1 cm³/mol. The number of aliphatic hydroxyl groups is 3. The SMILES string of the molecule is CC(=O)[C@@]1(O)CC[C@H]2[C@@H]3[C@@H](O)C(=O)C4C[C@H](O)C=C[C@]4(C)[C@H]3CC[C@@]21C. The molecule has 3 N–H and O–H groups in total. The Hall–Kier alpha value is -1.04. The minimum atomic E-state index is -1.36. The molecule has 0 saturated heterocycles. The van der Waals surface area contributed by atoms with E-state index in [0.29, 0.717) is 25.7 Å². The van der Waals surface area contributed by atoms with E-state index in [1.165, 1.54) is 6.92 Å². The highest BCUT2D eigenvalue weighted by Crippen LogP contribution is 2.67. The van der Waals surface area contributed by atoms with Gasteiger partial charge in [0.2, 0.25) is 0 Å². The summed E-state index contributed by atoms with van der Waals surface area (Å²) in [5.41, 5.74) is -2.33. The Balaban J connectivity index is 1.78. The molecule has 0 aliphatic heterocycles. The molecule has 5 nitrogen and oxygen atoms in total. The maximum atomic E-state index is 13.0. The molecule has 9 atom stereocenters. The summed E-state index contributed by atoms with van der Waals surface area (Å²) in [4.78, 5) is 25.3. The van der Waals surface area contributed by atoms with Gasteiger partial charge in [-0.25, -0.2) is 0 Å². The molecule has 0 amide bonds. The molecule has 4 aliphatic carbocycles. The van der Waals surface area contributed by atoms with Gasteiger partial charge in [-0.15, -0.1) is 0 Å². The number of Topliss-reactive ketones (excluding diaryl/α,β-unsaturated/α-hetero) is 2. The molecule has 0 aromatic heterocycles. The van der Waals surface area contributed by atoms with Crippen molar-refractivity contribution < 1.29 is 24.9 Å². The van der Waals surface area contributed by atoms with Crippen LogP contribution in [0.25, 0.3) is 0 Å². The van der Waals surface area contributed by atoms with Crippen molar-refractivity contribution in [3.63, 3.8) is 0 Å². The van der Waals surface area contributed by atoms with Crippen LogP contribution in [0.2, 0.25) is 0 Å². The van der Waals surface area contributed by atoms with Crippen molar-refractivity contribution >= 4 is 11.6 Å². The zero-order valence-corrected chi connectivity index (χ0v) is 15.8. The Bertz CT molecular complexity index is 686. The fraction of sp³-hybridized carbons (Fsp3) is 0.810. The Morgan fingerprint density at radius 2 is 1.81 bits per heavy atom. The van der Waals surface area contributed by atoms with E-state index < -0.39 is 23.2 Å². The topological polar surface area (TPSA) is 94.8 Å². The average Bonchev–Trinajstić information content (AvgIpc) is 2.87. The molecule has 4 aliphatic rings. The smallest absolute Gasteiger partial charge is 0.165 e. The molecule has 3 fully saturated rings. The van der Waals surface area contributed by atoms with Gasteiger partial charge in [0, 0.05) is 11.3 Å². The number of aliphatic hydroxyl groups excluding tert-OH is 2. The summed E-state index contributed by atoms with van der Waals surface area (Å²) < 4.78 is 0. The number of ketones is 2. The van der Waals surface area contributed by atoms with Crippen LogP contribution >= 0.6 is 0 Å². The molecule has 0 bridgehead atoms. The summed E-state index contributed by atoms with van der Waals surface area (Å²) in [5, 5.41) is 32.1. The van der Waals surface area contributed by atoms with Crippen LogP contribution in [0.3, 0.4) is 0 Å². The monoisotopic (exact) mass is 362 g/mol. The zero-order chi connectivity index (χ0) is 19.1. The van der Waals surface area contributed by atoms with Gasteiger partial charge >= 0.3 is 0 Å². The minimum absolute atomic E-state index is 0.0490. The second kappa shape index (κ2) is 5.49. The van der Waals surface area contributed by atoms with E-state index in [4.69, 9.17) is 0 Å². The highest BCUT2D eigenvalue weighted by Gasteiger charge is 2.68. The van der Waals surface area contributed by atoms with E-state index in [1.54, 1.807) is 6.08 Å². The summed E-state index contributed by atoms with van der Waals surface area (Å²) in [6.45, 7) is 5.50. The van der Waals surface area contributed by atoms with Crippen molar-refractivity contribution in [2.24, 2.45) is 34.5 Å². The fourth-order valence-corrected chi connectivity index (χ4v) is 7.17.